The number of rotatable bonds is 5. The van der Waals surface area contributed by atoms with Gasteiger partial charge in [0.25, 0.3) is 0 Å². The van der Waals surface area contributed by atoms with Crippen LogP contribution in [0.5, 0.6) is 0 Å². The van der Waals surface area contributed by atoms with Gasteiger partial charge in [-0.1, -0.05) is 0 Å². The molecule has 1 unspecified atom stereocenters. The van der Waals surface area contributed by atoms with Crippen molar-refractivity contribution in [3.05, 3.63) is 35.4 Å². The van der Waals surface area contributed by atoms with Gasteiger partial charge in [-0.25, -0.2) is 13.6 Å². The van der Waals surface area contributed by atoms with Crippen LogP contribution in [0, 0.1) is 11.6 Å². The van der Waals surface area contributed by atoms with Crippen LogP contribution in [0.2, 0.25) is 0 Å². The summed E-state index contributed by atoms with van der Waals surface area (Å²) >= 11 is 0. The first-order valence-corrected chi connectivity index (χ1v) is 5.67. The van der Waals surface area contributed by atoms with Crippen molar-refractivity contribution in [2.24, 2.45) is 0 Å². The Bertz CT molecular complexity index is 484. The Labute approximate surface area is 109 Å². The maximum absolute atomic E-state index is 13.3. The molecule has 0 spiro atoms. The average molecular weight is 271 g/mol. The van der Waals surface area contributed by atoms with Crippen LogP contribution in [0.25, 0.3) is 0 Å². The lowest BCUT2D eigenvalue weighted by atomic mass is 9.89. The third kappa shape index (κ3) is 2.72. The predicted molar refractivity (Wildman–Crippen MR) is 64.4 cm³/mol. The number of carboxylic acid groups (broad SMARTS) is 1. The van der Waals surface area contributed by atoms with Gasteiger partial charge in [-0.2, -0.15) is 0 Å². The van der Waals surface area contributed by atoms with Crippen LogP contribution in [-0.2, 0) is 15.1 Å². The maximum Gasteiger partial charge on any atom is 0.334 e. The van der Waals surface area contributed by atoms with Gasteiger partial charge in [0.05, 0.1) is 0 Å². The first-order chi connectivity index (χ1) is 8.73. The van der Waals surface area contributed by atoms with E-state index in [9.17, 15) is 23.5 Å². The number of carbonyl (C=O) groups is 2. The highest BCUT2D eigenvalue weighted by molar-refractivity contribution is 5.83. The van der Waals surface area contributed by atoms with Crippen molar-refractivity contribution in [1.29, 1.82) is 0 Å². The average Bonchev–Trinajstić information content (AvgIpc) is 2.27. The molecule has 0 saturated carbocycles. The van der Waals surface area contributed by atoms with Gasteiger partial charge in [0.15, 0.2) is 5.54 Å². The van der Waals surface area contributed by atoms with E-state index in [-0.39, 0.29) is 5.56 Å². The Hall–Kier alpha value is -1.98. The maximum atomic E-state index is 13.3. The third-order valence-electron chi connectivity index (χ3n) is 3.03. The van der Waals surface area contributed by atoms with E-state index < -0.39 is 29.2 Å². The standard InChI is InChI=1S/C13H15F2NO3/c1-8(2)16(7-17)13(3,12(18)19)9-4-10(14)6-11(15)5-9/h4-8H,1-3H3,(H,18,19). The van der Waals surface area contributed by atoms with Gasteiger partial charge >= 0.3 is 5.97 Å². The summed E-state index contributed by atoms with van der Waals surface area (Å²) in [6, 6.07) is 2.03. The van der Waals surface area contributed by atoms with E-state index in [1.54, 1.807) is 13.8 Å². The molecule has 0 saturated heterocycles. The molecule has 1 amide bonds. The highest BCUT2D eigenvalue weighted by Crippen LogP contribution is 2.30. The highest BCUT2D eigenvalue weighted by Gasteiger charge is 2.42. The van der Waals surface area contributed by atoms with Gasteiger partial charge in [0.1, 0.15) is 11.6 Å². The number of hydrogen-bond donors (Lipinski definition) is 1. The lowest BCUT2D eigenvalue weighted by molar-refractivity contribution is -0.156. The molecule has 0 aliphatic carbocycles. The fourth-order valence-corrected chi connectivity index (χ4v) is 1.96. The molecule has 0 aliphatic rings. The molecule has 0 aliphatic heterocycles. The van der Waals surface area contributed by atoms with Crippen molar-refractivity contribution in [3.63, 3.8) is 0 Å². The largest absolute Gasteiger partial charge is 0.479 e. The van der Waals surface area contributed by atoms with Gasteiger partial charge in [0, 0.05) is 12.1 Å². The van der Waals surface area contributed by atoms with Gasteiger partial charge in [-0.05, 0) is 38.5 Å². The zero-order valence-electron chi connectivity index (χ0n) is 10.9. The van der Waals surface area contributed by atoms with Crippen molar-refractivity contribution in [1.82, 2.24) is 4.90 Å². The minimum absolute atomic E-state index is 0.127. The monoisotopic (exact) mass is 271 g/mol. The zero-order valence-corrected chi connectivity index (χ0v) is 10.9. The summed E-state index contributed by atoms with van der Waals surface area (Å²) in [5, 5.41) is 9.37. The van der Waals surface area contributed by atoms with Gasteiger partial charge in [-0.15, -0.1) is 0 Å². The van der Waals surface area contributed by atoms with Crippen molar-refractivity contribution in [2.45, 2.75) is 32.4 Å². The Morgan fingerprint density at radius 3 is 2.11 bits per heavy atom. The van der Waals surface area contributed by atoms with E-state index in [4.69, 9.17) is 0 Å². The molecule has 0 fully saturated rings. The molecule has 1 rings (SSSR count). The summed E-state index contributed by atoms with van der Waals surface area (Å²) in [6.45, 7) is 4.47. The molecular weight excluding hydrogens is 256 g/mol. The summed E-state index contributed by atoms with van der Waals surface area (Å²) in [5.74, 6) is -3.15. The SMILES string of the molecule is CC(C)N(C=O)C(C)(C(=O)O)c1cc(F)cc(F)c1. The molecule has 1 N–H and O–H groups in total. The van der Waals surface area contributed by atoms with Crippen molar-refractivity contribution < 1.29 is 23.5 Å². The van der Waals surface area contributed by atoms with E-state index in [0.717, 1.165) is 17.0 Å². The quantitative estimate of drug-likeness (QED) is 0.835. The number of nitrogens with zero attached hydrogens (tertiary/aromatic N) is 1. The summed E-state index contributed by atoms with van der Waals surface area (Å²) < 4.78 is 26.5. The second kappa shape index (κ2) is 5.34. The minimum Gasteiger partial charge on any atom is -0.479 e. The molecule has 0 heterocycles. The van der Waals surface area contributed by atoms with E-state index in [1.165, 1.54) is 6.92 Å². The van der Waals surface area contributed by atoms with Crippen molar-refractivity contribution >= 4 is 12.4 Å². The van der Waals surface area contributed by atoms with E-state index >= 15 is 0 Å². The van der Waals surface area contributed by atoms with Gasteiger partial charge < -0.3 is 10.0 Å². The highest BCUT2D eigenvalue weighted by atomic mass is 19.1. The number of hydrogen-bond acceptors (Lipinski definition) is 2. The fraction of sp³-hybridized carbons (Fsp3) is 0.385. The normalized spacial score (nSPS) is 14.0. The molecule has 0 aromatic heterocycles. The Balaban J connectivity index is 3.49. The summed E-state index contributed by atoms with van der Waals surface area (Å²) in [4.78, 5) is 23.6. The van der Waals surface area contributed by atoms with Crippen LogP contribution in [0.3, 0.4) is 0 Å². The van der Waals surface area contributed by atoms with Crippen LogP contribution < -0.4 is 0 Å². The molecule has 19 heavy (non-hydrogen) atoms. The molecule has 0 bridgehead atoms. The molecule has 6 heteroatoms. The van der Waals surface area contributed by atoms with E-state index in [0.29, 0.717) is 12.5 Å². The lowest BCUT2D eigenvalue weighted by Gasteiger charge is -2.38. The van der Waals surface area contributed by atoms with Crippen molar-refractivity contribution in [2.75, 3.05) is 0 Å². The first-order valence-electron chi connectivity index (χ1n) is 5.67. The molecule has 104 valence electrons. The second-order valence-electron chi connectivity index (χ2n) is 4.64. The number of halogens is 2. The smallest absolute Gasteiger partial charge is 0.334 e. The third-order valence-corrected chi connectivity index (χ3v) is 3.03. The van der Waals surface area contributed by atoms with Crippen LogP contribution in [-0.4, -0.2) is 28.4 Å². The molecule has 0 radical (unpaired) electrons. The summed E-state index contributed by atoms with van der Waals surface area (Å²) in [6.07, 6.45) is 0.363. The molecule has 1 aromatic rings. The van der Waals surface area contributed by atoms with Gasteiger partial charge in [0.2, 0.25) is 6.41 Å². The summed E-state index contributed by atoms with van der Waals surface area (Å²) in [5.41, 5.74) is -1.96. The fourth-order valence-electron chi connectivity index (χ4n) is 1.96. The van der Waals surface area contributed by atoms with Crippen LogP contribution in [0.15, 0.2) is 18.2 Å². The number of benzene rings is 1. The first kappa shape index (κ1) is 15.1. The molecule has 1 atom stereocenters. The van der Waals surface area contributed by atoms with E-state index in [2.05, 4.69) is 0 Å². The predicted octanol–water partition coefficient (Wildman–Crippen LogP) is 2.13. The molecular formula is C13H15F2NO3. The number of carboxylic acids is 1. The second-order valence-corrected chi connectivity index (χ2v) is 4.64. The van der Waals surface area contributed by atoms with Crippen LogP contribution >= 0.6 is 0 Å². The molecule has 1 aromatic carbocycles. The van der Waals surface area contributed by atoms with Crippen molar-refractivity contribution in [3.8, 4) is 0 Å². The molecule has 4 nitrogen and oxygen atoms in total. The minimum atomic E-state index is -1.83. The Kier molecular flexibility index (Phi) is 4.24. The number of amides is 1. The Morgan fingerprint density at radius 2 is 1.79 bits per heavy atom. The number of aliphatic carboxylic acids is 1. The Morgan fingerprint density at radius 1 is 1.32 bits per heavy atom. The van der Waals surface area contributed by atoms with E-state index in [1.807, 2.05) is 0 Å². The van der Waals surface area contributed by atoms with Gasteiger partial charge in [-0.3, -0.25) is 4.79 Å². The number of carbonyl (C=O) groups excluding carboxylic acids is 1. The zero-order chi connectivity index (χ0) is 14.8. The topological polar surface area (TPSA) is 57.6 Å². The van der Waals surface area contributed by atoms with Crippen LogP contribution in [0.1, 0.15) is 26.3 Å². The summed E-state index contributed by atoms with van der Waals surface area (Å²) in [7, 11) is 0. The lowest BCUT2D eigenvalue weighted by Crippen LogP contribution is -2.52. The van der Waals surface area contributed by atoms with Crippen LogP contribution in [0.4, 0.5) is 8.78 Å².